The topological polar surface area (TPSA) is 29.5 Å². The lowest BCUT2D eigenvalue weighted by Gasteiger charge is -2.29. The summed E-state index contributed by atoms with van der Waals surface area (Å²) in [6.45, 7) is 2.85. The van der Waals surface area contributed by atoms with E-state index in [0.717, 1.165) is 13.1 Å². The summed E-state index contributed by atoms with van der Waals surface area (Å²) in [5.41, 5.74) is 0. The molecule has 0 atom stereocenters. The van der Waals surface area contributed by atoms with E-state index in [1.807, 2.05) is 7.05 Å². The number of alkyl halides is 2. The molecule has 1 rings (SSSR count). The number of carbonyl (C=O) groups excluding carboxylic acids is 1. The molecule has 1 aliphatic heterocycles. The normalized spacial score (nSPS) is 20.3. The second-order valence-electron chi connectivity index (χ2n) is 3.97. The quantitative estimate of drug-likeness (QED) is 0.679. The molecule has 0 aliphatic carbocycles. The van der Waals surface area contributed by atoms with Gasteiger partial charge in [-0.25, -0.2) is 4.79 Å². The Hall–Kier alpha value is -0.710. The molecule has 3 nitrogen and oxygen atoms in total. The molecule has 1 fully saturated rings. The number of rotatable bonds is 3. The molecule has 88 valence electrons. The number of carbonyl (C=O) groups is 1. The number of ether oxygens (including phenoxy) is 1. The number of halogens is 2. The van der Waals surface area contributed by atoms with E-state index in [-0.39, 0.29) is 6.10 Å². The van der Waals surface area contributed by atoms with Crippen LogP contribution in [-0.2, 0) is 9.53 Å². The van der Waals surface area contributed by atoms with Crippen LogP contribution in [0.2, 0.25) is 0 Å². The second-order valence-corrected chi connectivity index (χ2v) is 3.97. The molecule has 1 heterocycles. The molecule has 1 saturated heterocycles. The lowest BCUT2D eigenvalue weighted by molar-refractivity contribution is -0.179. The largest absolute Gasteiger partial charge is 0.458 e. The van der Waals surface area contributed by atoms with Gasteiger partial charge in [-0.1, -0.05) is 6.92 Å². The van der Waals surface area contributed by atoms with Crippen molar-refractivity contribution < 1.29 is 18.3 Å². The molecule has 0 aromatic carbocycles. The molecule has 0 amide bonds. The third-order valence-corrected chi connectivity index (χ3v) is 2.68. The Balaban J connectivity index is 2.39. The van der Waals surface area contributed by atoms with Gasteiger partial charge < -0.3 is 9.64 Å². The van der Waals surface area contributed by atoms with Crippen molar-refractivity contribution in [2.24, 2.45) is 0 Å². The Kier molecular flexibility index (Phi) is 4.02. The van der Waals surface area contributed by atoms with Crippen molar-refractivity contribution in [2.45, 2.75) is 38.2 Å². The van der Waals surface area contributed by atoms with E-state index in [0.29, 0.717) is 12.8 Å². The fourth-order valence-corrected chi connectivity index (χ4v) is 1.48. The first-order valence-corrected chi connectivity index (χ1v) is 5.23. The van der Waals surface area contributed by atoms with Crippen LogP contribution in [0.25, 0.3) is 0 Å². The first kappa shape index (κ1) is 12.4. The Morgan fingerprint density at radius 1 is 1.47 bits per heavy atom. The van der Waals surface area contributed by atoms with Gasteiger partial charge in [-0.15, -0.1) is 0 Å². The molecular formula is C10H17F2NO2. The van der Waals surface area contributed by atoms with Crippen molar-refractivity contribution in [1.82, 2.24) is 4.90 Å². The van der Waals surface area contributed by atoms with Crippen molar-refractivity contribution in [1.29, 1.82) is 0 Å². The number of likely N-dealkylation sites (tertiary alicyclic amines) is 1. The minimum Gasteiger partial charge on any atom is -0.458 e. The van der Waals surface area contributed by atoms with E-state index in [1.54, 1.807) is 0 Å². The highest BCUT2D eigenvalue weighted by atomic mass is 19.3. The Bertz CT molecular complexity index is 225. The molecule has 0 N–H and O–H groups in total. The molecule has 5 heteroatoms. The summed E-state index contributed by atoms with van der Waals surface area (Å²) >= 11 is 0. The zero-order valence-electron chi connectivity index (χ0n) is 9.13. The average molecular weight is 221 g/mol. The third kappa shape index (κ3) is 3.41. The van der Waals surface area contributed by atoms with Gasteiger partial charge in [-0.05, 0) is 19.9 Å². The molecule has 15 heavy (non-hydrogen) atoms. The zero-order valence-corrected chi connectivity index (χ0v) is 9.13. The monoisotopic (exact) mass is 221 g/mol. The summed E-state index contributed by atoms with van der Waals surface area (Å²) in [5, 5.41) is 0. The molecule has 0 aromatic heterocycles. The van der Waals surface area contributed by atoms with Crippen LogP contribution in [0.3, 0.4) is 0 Å². The number of piperidine rings is 1. The highest BCUT2D eigenvalue weighted by Gasteiger charge is 2.40. The number of hydrogen-bond acceptors (Lipinski definition) is 3. The van der Waals surface area contributed by atoms with E-state index in [1.165, 1.54) is 6.92 Å². The smallest absolute Gasteiger partial charge is 0.377 e. The summed E-state index contributed by atoms with van der Waals surface area (Å²) in [6, 6.07) is 0. The maximum atomic E-state index is 12.9. The van der Waals surface area contributed by atoms with Crippen LogP contribution >= 0.6 is 0 Å². The van der Waals surface area contributed by atoms with Crippen LogP contribution in [-0.4, -0.2) is 43.0 Å². The Morgan fingerprint density at radius 2 is 2.00 bits per heavy atom. The maximum absolute atomic E-state index is 12.9. The van der Waals surface area contributed by atoms with E-state index in [2.05, 4.69) is 4.90 Å². The molecule has 0 unspecified atom stereocenters. The summed E-state index contributed by atoms with van der Waals surface area (Å²) in [7, 11) is 1.96. The maximum Gasteiger partial charge on any atom is 0.377 e. The predicted molar refractivity (Wildman–Crippen MR) is 51.8 cm³/mol. The van der Waals surface area contributed by atoms with E-state index in [4.69, 9.17) is 4.74 Å². The first-order valence-electron chi connectivity index (χ1n) is 5.23. The van der Waals surface area contributed by atoms with Gasteiger partial charge in [0.2, 0.25) is 0 Å². The van der Waals surface area contributed by atoms with Gasteiger partial charge in [0, 0.05) is 19.5 Å². The number of hydrogen-bond donors (Lipinski definition) is 0. The van der Waals surface area contributed by atoms with Gasteiger partial charge in [-0.2, -0.15) is 8.78 Å². The van der Waals surface area contributed by atoms with E-state index in [9.17, 15) is 13.6 Å². The van der Waals surface area contributed by atoms with Gasteiger partial charge in [0.1, 0.15) is 6.10 Å². The lowest BCUT2D eigenvalue weighted by Crippen LogP contribution is -2.39. The third-order valence-electron chi connectivity index (χ3n) is 2.68. The van der Waals surface area contributed by atoms with Crippen LogP contribution in [0.1, 0.15) is 26.2 Å². The minimum absolute atomic E-state index is 0.342. The lowest BCUT2D eigenvalue weighted by atomic mass is 10.1. The van der Waals surface area contributed by atoms with Crippen LogP contribution in [0, 0.1) is 0 Å². The van der Waals surface area contributed by atoms with Gasteiger partial charge in [0.25, 0.3) is 0 Å². The molecule has 0 spiro atoms. The van der Waals surface area contributed by atoms with Gasteiger partial charge in [0.05, 0.1) is 0 Å². The Labute approximate surface area is 88.4 Å². The Morgan fingerprint density at radius 3 is 2.47 bits per heavy atom. The molecule has 1 aliphatic rings. The molecule has 0 radical (unpaired) electrons. The van der Waals surface area contributed by atoms with Crippen molar-refractivity contribution in [3.05, 3.63) is 0 Å². The zero-order chi connectivity index (χ0) is 11.5. The highest BCUT2D eigenvalue weighted by molar-refractivity contribution is 5.77. The molecule has 0 saturated carbocycles. The van der Waals surface area contributed by atoms with Crippen molar-refractivity contribution >= 4 is 5.97 Å². The van der Waals surface area contributed by atoms with Gasteiger partial charge in [-0.3, -0.25) is 0 Å². The van der Waals surface area contributed by atoms with Crippen LogP contribution in [0.5, 0.6) is 0 Å². The van der Waals surface area contributed by atoms with Crippen molar-refractivity contribution in [2.75, 3.05) is 20.1 Å². The van der Waals surface area contributed by atoms with Crippen LogP contribution in [0.15, 0.2) is 0 Å². The number of nitrogens with zero attached hydrogens (tertiary/aromatic N) is 1. The molecule has 0 bridgehead atoms. The fraction of sp³-hybridized carbons (Fsp3) is 0.900. The summed E-state index contributed by atoms with van der Waals surface area (Å²) in [4.78, 5) is 13.1. The van der Waals surface area contributed by atoms with Crippen LogP contribution < -0.4 is 0 Å². The molecule has 0 aromatic rings. The second kappa shape index (κ2) is 4.88. The predicted octanol–water partition coefficient (Wildman–Crippen LogP) is 1.67. The van der Waals surface area contributed by atoms with E-state index >= 15 is 0 Å². The minimum atomic E-state index is -3.33. The first-order chi connectivity index (χ1) is 6.95. The summed E-state index contributed by atoms with van der Waals surface area (Å²) < 4.78 is 30.6. The fourth-order valence-electron chi connectivity index (χ4n) is 1.48. The van der Waals surface area contributed by atoms with Crippen molar-refractivity contribution in [3.8, 4) is 0 Å². The number of esters is 1. The standard InChI is InChI=1S/C10H17F2NO2/c1-3-10(11,12)9(14)15-8-4-6-13(2)7-5-8/h8H,3-7H2,1-2H3. The van der Waals surface area contributed by atoms with Crippen LogP contribution in [0.4, 0.5) is 8.78 Å². The van der Waals surface area contributed by atoms with Gasteiger partial charge in [0.15, 0.2) is 0 Å². The molecular weight excluding hydrogens is 204 g/mol. The SMILES string of the molecule is CCC(F)(F)C(=O)OC1CCN(C)CC1. The average Bonchev–Trinajstić information content (AvgIpc) is 2.21. The highest BCUT2D eigenvalue weighted by Crippen LogP contribution is 2.22. The van der Waals surface area contributed by atoms with Gasteiger partial charge >= 0.3 is 11.9 Å². The van der Waals surface area contributed by atoms with E-state index < -0.39 is 18.3 Å². The van der Waals surface area contributed by atoms with Crippen molar-refractivity contribution in [3.63, 3.8) is 0 Å². The summed E-state index contributed by atoms with van der Waals surface area (Å²) in [6.07, 6.45) is 0.439. The summed E-state index contributed by atoms with van der Waals surface area (Å²) in [5.74, 6) is -4.71.